The van der Waals surface area contributed by atoms with Crippen LogP contribution in [0.3, 0.4) is 0 Å². The van der Waals surface area contributed by atoms with Crippen LogP contribution in [-0.4, -0.2) is 31.9 Å². The third-order valence-electron chi connectivity index (χ3n) is 2.34. The van der Waals surface area contributed by atoms with Crippen molar-refractivity contribution < 1.29 is 31.9 Å². The van der Waals surface area contributed by atoms with E-state index in [-0.39, 0.29) is 4.40 Å². The molecule has 0 aromatic carbocycles. The van der Waals surface area contributed by atoms with Gasteiger partial charge in [0.25, 0.3) is 0 Å². The van der Waals surface area contributed by atoms with E-state index in [4.69, 9.17) is 16.7 Å². The van der Waals surface area contributed by atoms with E-state index in [1.54, 1.807) is 0 Å². The fourth-order valence-electron chi connectivity index (χ4n) is 1.41. The Hall–Kier alpha value is -1.97. The molecule has 0 saturated carbocycles. The van der Waals surface area contributed by atoms with Crippen LogP contribution in [0.25, 0.3) is 5.65 Å². The molecule has 5 nitrogen and oxygen atoms in total. The first-order chi connectivity index (χ1) is 9.05. The number of hydrogen-bond donors (Lipinski definition) is 1. The minimum absolute atomic E-state index is 0.208. The molecule has 0 radical (unpaired) electrons. The molecule has 0 aliphatic heterocycles. The van der Waals surface area contributed by atoms with Gasteiger partial charge in [-0.1, -0.05) is 11.6 Å². The Bertz CT molecular complexity index is 697. The maximum absolute atomic E-state index is 13.3. The molecule has 0 spiro atoms. The summed E-state index contributed by atoms with van der Waals surface area (Å²) in [5, 5.41) is 14.2. The van der Waals surface area contributed by atoms with Gasteiger partial charge in [-0.3, -0.25) is 4.40 Å². The quantitative estimate of drug-likeness (QED) is 0.865. The van der Waals surface area contributed by atoms with Crippen LogP contribution < -0.4 is 0 Å². The first kappa shape index (κ1) is 14.4. The summed E-state index contributed by atoms with van der Waals surface area (Å²) in [7, 11) is 0. The zero-order valence-electron chi connectivity index (χ0n) is 9.12. The second kappa shape index (κ2) is 4.27. The van der Waals surface area contributed by atoms with Gasteiger partial charge in [-0.2, -0.15) is 22.0 Å². The number of rotatable bonds is 2. The summed E-state index contributed by atoms with van der Waals surface area (Å²) in [4.78, 5) is 10.8. The SMILES string of the molecule is O=C(O)c1cc(Cl)c2nnc(C(F)(F)C(F)(F)F)n2c1. The van der Waals surface area contributed by atoms with Gasteiger partial charge in [-0.05, 0) is 6.07 Å². The normalized spacial score (nSPS) is 12.9. The van der Waals surface area contributed by atoms with Crippen LogP contribution in [0.1, 0.15) is 16.2 Å². The van der Waals surface area contributed by atoms with Gasteiger partial charge in [0.1, 0.15) is 0 Å². The number of pyridine rings is 1. The number of alkyl halides is 5. The summed E-state index contributed by atoms with van der Waals surface area (Å²) < 4.78 is 63.6. The number of hydrogen-bond acceptors (Lipinski definition) is 3. The molecule has 20 heavy (non-hydrogen) atoms. The Balaban J connectivity index is 2.77. The number of carboxylic acids is 1. The average molecular weight is 316 g/mol. The van der Waals surface area contributed by atoms with Crippen LogP contribution in [0.15, 0.2) is 12.3 Å². The van der Waals surface area contributed by atoms with Gasteiger partial charge in [-0.15, -0.1) is 10.2 Å². The number of nitrogens with zero attached hydrogens (tertiary/aromatic N) is 3. The highest BCUT2D eigenvalue weighted by molar-refractivity contribution is 6.33. The molecular weight excluding hydrogens is 313 g/mol. The molecular formula is C9H3ClF5N3O2. The third kappa shape index (κ3) is 2.05. The Labute approximate surface area is 111 Å². The van der Waals surface area contributed by atoms with Crippen molar-refractivity contribution in [2.75, 3.05) is 0 Å². The number of fused-ring (bicyclic) bond motifs is 1. The smallest absolute Gasteiger partial charge is 0.461 e. The number of aromatic carboxylic acids is 1. The molecule has 2 aromatic rings. The lowest BCUT2D eigenvalue weighted by Gasteiger charge is -2.17. The minimum Gasteiger partial charge on any atom is -0.478 e. The largest absolute Gasteiger partial charge is 0.478 e. The predicted molar refractivity (Wildman–Crippen MR) is 54.9 cm³/mol. The summed E-state index contributed by atoms with van der Waals surface area (Å²) in [6.07, 6.45) is -5.36. The lowest BCUT2D eigenvalue weighted by atomic mass is 10.2. The van der Waals surface area contributed by atoms with Gasteiger partial charge in [-0.25, -0.2) is 4.79 Å². The number of halogens is 6. The van der Waals surface area contributed by atoms with Crippen molar-refractivity contribution in [1.82, 2.24) is 14.6 Å². The number of carboxylic acid groups (broad SMARTS) is 1. The van der Waals surface area contributed by atoms with E-state index in [0.29, 0.717) is 6.20 Å². The molecule has 0 unspecified atom stereocenters. The van der Waals surface area contributed by atoms with Crippen molar-refractivity contribution in [3.8, 4) is 0 Å². The Morgan fingerprint density at radius 2 is 1.85 bits per heavy atom. The standard InChI is InChI=1S/C9H3ClF5N3O2/c10-4-1-3(6(19)20)2-18-5(4)16-17-7(18)8(11,12)9(13,14)15/h1-2H,(H,19,20). The molecule has 0 bridgehead atoms. The van der Waals surface area contributed by atoms with E-state index >= 15 is 0 Å². The van der Waals surface area contributed by atoms with Crippen molar-refractivity contribution in [3.05, 3.63) is 28.7 Å². The van der Waals surface area contributed by atoms with Crippen molar-refractivity contribution in [2.24, 2.45) is 0 Å². The van der Waals surface area contributed by atoms with Crippen molar-refractivity contribution in [2.45, 2.75) is 12.1 Å². The van der Waals surface area contributed by atoms with Crippen molar-refractivity contribution in [3.63, 3.8) is 0 Å². The number of carbonyl (C=O) groups is 1. The van der Waals surface area contributed by atoms with E-state index in [1.807, 2.05) is 0 Å². The molecule has 0 fully saturated rings. The van der Waals surface area contributed by atoms with E-state index in [2.05, 4.69) is 10.2 Å². The maximum Gasteiger partial charge on any atom is 0.461 e. The molecule has 0 aliphatic rings. The summed E-state index contributed by atoms with van der Waals surface area (Å²) in [5.74, 6) is -8.61. The minimum atomic E-state index is -5.90. The van der Waals surface area contributed by atoms with E-state index in [1.165, 1.54) is 0 Å². The first-order valence-electron chi connectivity index (χ1n) is 4.78. The van der Waals surface area contributed by atoms with E-state index in [0.717, 1.165) is 6.07 Å². The summed E-state index contributed by atoms with van der Waals surface area (Å²) in [5.41, 5.74) is -1.09. The highest BCUT2D eigenvalue weighted by Gasteiger charge is 2.62. The monoisotopic (exact) mass is 315 g/mol. The van der Waals surface area contributed by atoms with Crippen LogP contribution >= 0.6 is 11.6 Å². The predicted octanol–water partition coefficient (Wildman–Crippen LogP) is 2.74. The fraction of sp³-hybridized carbons (Fsp3) is 0.222. The van der Waals surface area contributed by atoms with Gasteiger partial charge in [0.2, 0.25) is 5.82 Å². The van der Waals surface area contributed by atoms with Crippen LogP contribution in [0.2, 0.25) is 5.02 Å². The maximum atomic E-state index is 13.3. The van der Waals surface area contributed by atoms with E-state index < -0.39 is 40.1 Å². The zero-order chi connectivity index (χ0) is 15.3. The van der Waals surface area contributed by atoms with Gasteiger partial charge < -0.3 is 5.11 Å². The van der Waals surface area contributed by atoms with Gasteiger partial charge in [0.05, 0.1) is 10.6 Å². The highest BCUT2D eigenvalue weighted by Crippen LogP contribution is 2.43. The van der Waals surface area contributed by atoms with Gasteiger partial charge in [0.15, 0.2) is 5.65 Å². The molecule has 2 aromatic heterocycles. The molecule has 2 heterocycles. The molecule has 108 valence electrons. The Kier molecular flexibility index (Phi) is 3.08. The third-order valence-corrected chi connectivity index (χ3v) is 2.62. The van der Waals surface area contributed by atoms with Crippen LogP contribution in [0, 0.1) is 0 Å². The zero-order valence-corrected chi connectivity index (χ0v) is 9.88. The molecule has 0 atom stereocenters. The van der Waals surface area contributed by atoms with Crippen LogP contribution in [0.4, 0.5) is 22.0 Å². The fourth-order valence-corrected chi connectivity index (χ4v) is 1.66. The average Bonchev–Trinajstić information content (AvgIpc) is 2.71. The summed E-state index contributed by atoms with van der Waals surface area (Å²) in [6.45, 7) is 0. The molecule has 0 amide bonds. The van der Waals surface area contributed by atoms with Gasteiger partial charge in [0, 0.05) is 6.20 Å². The molecule has 2 rings (SSSR count). The Morgan fingerprint density at radius 3 is 2.35 bits per heavy atom. The molecule has 0 saturated heterocycles. The van der Waals surface area contributed by atoms with Crippen LogP contribution in [-0.2, 0) is 5.92 Å². The second-order valence-corrected chi connectivity index (χ2v) is 4.08. The first-order valence-corrected chi connectivity index (χ1v) is 5.16. The van der Waals surface area contributed by atoms with Crippen LogP contribution in [0.5, 0.6) is 0 Å². The lowest BCUT2D eigenvalue weighted by molar-refractivity contribution is -0.292. The Morgan fingerprint density at radius 1 is 1.25 bits per heavy atom. The lowest BCUT2D eigenvalue weighted by Crippen LogP contribution is -2.35. The van der Waals surface area contributed by atoms with E-state index in [9.17, 15) is 26.7 Å². The second-order valence-electron chi connectivity index (χ2n) is 3.67. The summed E-state index contributed by atoms with van der Waals surface area (Å²) >= 11 is 5.57. The van der Waals surface area contributed by atoms with Crippen molar-refractivity contribution in [1.29, 1.82) is 0 Å². The molecule has 0 aliphatic carbocycles. The van der Waals surface area contributed by atoms with Gasteiger partial charge >= 0.3 is 18.1 Å². The topological polar surface area (TPSA) is 67.5 Å². The molecule has 1 N–H and O–H groups in total. The molecule has 11 heteroatoms. The number of aromatic nitrogens is 3. The highest BCUT2D eigenvalue weighted by atomic mass is 35.5. The van der Waals surface area contributed by atoms with Crippen molar-refractivity contribution >= 4 is 23.2 Å². The summed E-state index contributed by atoms with van der Waals surface area (Å²) in [6, 6.07) is 0.864.